The van der Waals surface area contributed by atoms with Gasteiger partial charge < -0.3 is 9.15 Å². The van der Waals surface area contributed by atoms with E-state index in [2.05, 4.69) is 6.58 Å². The van der Waals surface area contributed by atoms with Crippen LogP contribution in [-0.4, -0.2) is 6.61 Å². The topological polar surface area (TPSA) is 39.4 Å². The van der Waals surface area contributed by atoms with Crippen LogP contribution < -0.4 is 10.4 Å². The predicted octanol–water partition coefficient (Wildman–Crippen LogP) is 4.82. The van der Waals surface area contributed by atoms with Gasteiger partial charge in [-0.2, -0.15) is 0 Å². The average molecular weight is 341 g/mol. The Bertz CT molecular complexity index is 942. The molecule has 2 aromatic carbocycles. The summed E-state index contributed by atoms with van der Waals surface area (Å²) in [7, 11) is 0. The molecule has 0 saturated carbocycles. The van der Waals surface area contributed by atoms with Crippen molar-refractivity contribution in [2.24, 2.45) is 0 Å². The van der Waals surface area contributed by atoms with Gasteiger partial charge in [0.15, 0.2) is 0 Å². The highest BCUT2D eigenvalue weighted by Gasteiger charge is 2.12. The Kier molecular flexibility index (Phi) is 4.72. The molecule has 0 aliphatic rings. The molecule has 0 spiro atoms. The van der Waals surface area contributed by atoms with Crippen molar-refractivity contribution in [3.8, 4) is 5.75 Å². The molecule has 0 bridgehead atoms. The summed E-state index contributed by atoms with van der Waals surface area (Å²) in [5.74, 6) is 0.586. The van der Waals surface area contributed by atoms with Gasteiger partial charge in [0.05, 0.1) is 0 Å². The quantitative estimate of drug-likeness (QED) is 0.625. The Morgan fingerprint density at radius 2 is 1.96 bits per heavy atom. The maximum absolute atomic E-state index is 12.4. The highest BCUT2D eigenvalue weighted by molar-refractivity contribution is 6.29. The Labute approximate surface area is 145 Å². The van der Waals surface area contributed by atoms with Crippen molar-refractivity contribution >= 4 is 22.6 Å². The molecule has 0 unspecified atom stereocenters. The second-order valence-electron chi connectivity index (χ2n) is 5.62. The van der Waals surface area contributed by atoms with Crippen molar-refractivity contribution in [2.45, 2.75) is 13.3 Å². The molecule has 0 saturated heterocycles. The van der Waals surface area contributed by atoms with Gasteiger partial charge in [-0.1, -0.05) is 48.5 Å². The lowest BCUT2D eigenvalue weighted by atomic mass is 10.00. The van der Waals surface area contributed by atoms with Gasteiger partial charge >= 0.3 is 5.63 Å². The van der Waals surface area contributed by atoms with Gasteiger partial charge in [-0.3, -0.25) is 0 Å². The van der Waals surface area contributed by atoms with E-state index >= 15 is 0 Å². The first-order chi connectivity index (χ1) is 11.5. The fraction of sp³-hybridized carbons (Fsp3) is 0.150. The van der Waals surface area contributed by atoms with E-state index in [1.807, 2.05) is 49.4 Å². The minimum absolute atomic E-state index is 0.211. The molecule has 1 aromatic heterocycles. The zero-order valence-corrected chi connectivity index (χ0v) is 14.1. The molecule has 0 fully saturated rings. The lowest BCUT2D eigenvalue weighted by Crippen LogP contribution is -2.11. The molecular formula is C20H17ClO3. The van der Waals surface area contributed by atoms with Gasteiger partial charge in [0.25, 0.3) is 0 Å². The van der Waals surface area contributed by atoms with Crippen molar-refractivity contribution in [1.29, 1.82) is 0 Å². The van der Waals surface area contributed by atoms with Crippen LogP contribution in [0.5, 0.6) is 5.75 Å². The largest absolute Gasteiger partial charge is 0.488 e. The van der Waals surface area contributed by atoms with E-state index in [9.17, 15) is 4.79 Å². The van der Waals surface area contributed by atoms with Gasteiger partial charge in [-0.25, -0.2) is 4.79 Å². The summed E-state index contributed by atoms with van der Waals surface area (Å²) in [6, 6.07) is 15.3. The number of hydrogen-bond donors (Lipinski definition) is 0. The van der Waals surface area contributed by atoms with E-state index in [0.717, 1.165) is 16.5 Å². The summed E-state index contributed by atoms with van der Waals surface area (Å²) in [5, 5.41) is 1.31. The minimum atomic E-state index is -0.317. The van der Waals surface area contributed by atoms with Crippen LogP contribution in [0.15, 0.2) is 69.4 Å². The molecule has 0 N–H and O–H groups in total. The van der Waals surface area contributed by atoms with Gasteiger partial charge in [0.2, 0.25) is 0 Å². The summed E-state index contributed by atoms with van der Waals surface area (Å²) < 4.78 is 11.0. The third-order valence-corrected chi connectivity index (χ3v) is 3.99. The summed E-state index contributed by atoms with van der Waals surface area (Å²) in [6.45, 7) is 5.73. The molecule has 0 aliphatic heterocycles. The van der Waals surface area contributed by atoms with Crippen molar-refractivity contribution in [3.05, 3.63) is 87.3 Å². The van der Waals surface area contributed by atoms with Crippen LogP contribution in [0, 0.1) is 6.92 Å². The second kappa shape index (κ2) is 6.93. The molecule has 24 heavy (non-hydrogen) atoms. The average Bonchev–Trinajstić information content (AvgIpc) is 2.57. The maximum Gasteiger partial charge on any atom is 0.340 e. The van der Waals surface area contributed by atoms with E-state index in [1.165, 1.54) is 0 Å². The molecule has 3 aromatic rings. The Morgan fingerprint density at radius 3 is 2.67 bits per heavy atom. The molecule has 4 heteroatoms. The number of halogens is 1. The lowest BCUT2D eigenvalue weighted by molar-refractivity contribution is 0.359. The van der Waals surface area contributed by atoms with Crippen LogP contribution >= 0.6 is 11.6 Å². The van der Waals surface area contributed by atoms with Crippen LogP contribution in [0.2, 0.25) is 0 Å². The number of hydrogen-bond acceptors (Lipinski definition) is 3. The summed E-state index contributed by atoms with van der Waals surface area (Å²) in [6.07, 6.45) is 0.551. The van der Waals surface area contributed by atoms with Crippen LogP contribution in [0.4, 0.5) is 0 Å². The first-order valence-corrected chi connectivity index (χ1v) is 7.99. The minimum Gasteiger partial charge on any atom is -0.488 e. The number of rotatable bonds is 5. The molecule has 0 amide bonds. The molecule has 122 valence electrons. The van der Waals surface area contributed by atoms with Gasteiger partial charge in [-0.15, -0.1) is 0 Å². The van der Waals surface area contributed by atoms with Crippen molar-refractivity contribution in [2.75, 3.05) is 6.61 Å². The van der Waals surface area contributed by atoms with Crippen LogP contribution in [0.3, 0.4) is 0 Å². The highest BCUT2D eigenvalue weighted by Crippen LogP contribution is 2.25. The maximum atomic E-state index is 12.4. The molecule has 3 nitrogen and oxygen atoms in total. The fourth-order valence-corrected chi connectivity index (χ4v) is 2.68. The van der Waals surface area contributed by atoms with Crippen molar-refractivity contribution < 1.29 is 9.15 Å². The van der Waals surface area contributed by atoms with Crippen molar-refractivity contribution in [3.63, 3.8) is 0 Å². The predicted molar refractivity (Wildman–Crippen MR) is 97.0 cm³/mol. The highest BCUT2D eigenvalue weighted by atomic mass is 35.5. The van der Waals surface area contributed by atoms with Crippen LogP contribution in [0.1, 0.15) is 16.7 Å². The zero-order chi connectivity index (χ0) is 17.1. The molecule has 0 atom stereocenters. The third-order valence-electron chi connectivity index (χ3n) is 3.88. The molecule has 3 rings (SSSR count). The Morgan fingerprint density at radius 1 is 1.21 bits per heavy atom. The number of benzene rings is 2. The third kappa shape index (κ3) is 3.52. The monoisotopic (exact) mass is 340 g/mol. The van der Waals surface area contributed by atoms with Crippen molar-refractivity contribution in [1.82, 2.24) is 0 Å². The van der Waals surface area contributed by atoms with Crippen LogP contribution in [-0.2, 0) is 6.42 Å². The zero-order valence-electron chi connectivity index (χ0n) is 13.3. The van der Waals surface area contributed by atoms with Crippen LogP contribution in [0.25, 0.3) is 11.0 Å². The SMILES string of the molecule is C=C(Cl)COc1ccc2c(C)c(Cc3ccccc3)c(=O)oc2c1. The number of ether oxygens (including phenoxy) is 1. The molecule has 0 radical (unpaired) electrons. The van der Waals surface area contributed by atoms with Gasteiger partial charge in [0.1, 0.15) is 17.9 Å². The number of fused-ring (bicyclic) bond motifs is 1. The first-order valence-electron chi connectivity index (χ1n) is 7.61. The molecular weight excluding hydrogens is 324 g/mol. The van der Waals surface area contributed by atoms with E-state index in [1.54, 1.807) is 6.07 Å². The summed E-state index contributed by atoms with van der Waals surface area (Å²) in [5.41, 5.74) is 2.87. The standard InChI is InChI=1S/C20H17ClO3/c1-13(21)12-23-16-8-9-17-14(2)18(20(22)24-19(17)11-16)10-15-6-4-3-5-7-15/h3-9,11H,1,10,12H2,2H3. The van der Waals surface area contributed by atoms with Gasteiger partial charge in [-0.05, 0) is 30.2 Å². The number of aryl methyl sites for hydroxylation is 1. The van der Waals surface area contributed by atoms with Gasteiger partial charge in [0, 0.05) is 28.5 Å². The first kappa shape index (κ1) is 16.3. The smallest absolute Gasteiger partial charge is 0.340 e. The van der Waals surface area contributed by atoms with E-state index < -0.39 is 0 Å². The Balaban J connectivity index is 2.00. The second-order valence-corrected chi connectivity index (χ2v) is 6.15. The molecule has 0 aliphatic carbocycles. The lowest BCUT2D eigenvalue weighted by Gasteiger charge is -2.10. The molecule has 1 heterocycles. The summed E-state index contributed by atoms with van der Waals surface area (Å²) in [4.78, 5) is 12.4. The Hall–Kier alpha value is -2.52. The van der Waals surface area contributed by atoms with E-state index in [4.69, 9.17) is 20.8 Å². The summed E-state index contributed by atoms with van der Waals surface area (Å²) >= 11 is 5.70. The van der Waals surface area contributed by atoms with E-state index in [0.29, 0.717) is 28.3 Å². The normalized spacial score (nSPS) is 10.8. The fourth-order valence-electron chi connectivity index (χ4n) is 2.63. The van der Waals surface area contributed by atoms with E-state index in [-0.39, 0.29) is 12.2 Å².